The molecular formula is C22H26F2N2O2. The number of nitrogens with zero attached hydrogens (tertiary/aromatic N) is 1. The van der Waals surface area contributed by atoms with E-state index in [4.69, 9.17) is 4.74 Å². The number of anilines is 1. The largest absolute Gasteiger partial charge is 0.497 e. The molecule has 1 fully saturated rings. The highest BCUT2D eigenvalue weighted by molar-refractivity contribution is 5.92. The Balaban J connectivity index is 1.39. The molecule has 0 saturated carbocycles. The van der Waals surface area contributed by atoms with Crippen LogP contribution >= 0.6 is 0 Å². The van der Waals surface area contributed by atoms with Crippen LogP contribution in [0, 0.1) is 17.6 Å². The minimum Gasteiger partial charge on any atom is -0.497 e. The van der Waals surface area contributed by atoms with Crippen LogP contribution in [0.25, 0.3) is 0 Å². The predicted molar refractivity (Wildman–Crippen MR) is 105 cm³/mol. The van der Waals surface area contributed by atoms with Crippen LogP contribution in [0.5, 0.6) is 5.75 Å². The number of amides is 1. The van der Waals surface area contributed by atoms with Crippen LogP contribution in [0.4, 0.5) is 14.5 Å². The van der Waals surface area contributed by atoms with Gasteiger partial charge >= 0.3 is 0 Å². The van der Waals surface area contributed by atoms with Crippen LogP contribution in [0.3, 0.4) is 0 Å². The number of halogens is 2. The maximum atomic E-state index is 13.6. The average Bonchev–Trinajstić information content (AvgIpc) is 2.70. The monoisotopic (exact) mass is 388 g/mol. The number of nitrogens with one attached hydrogen (secondary N) is 1. The zero-order valence-electron chi connectivity index (χ0n) is 16.1. The minimum absolute atomic E-state index is 0.0146. The fraction of sp³-hybridized carbons (Fsp3) is 0.409. The Labute approximate surface area is 164 Å². The summed E-state index contributed by atoms with van der Waals surface area (Å²) in [6, 6.07) is 11.3. The molecule has 1 aliphatic heterocycles. The number of likely N-dealkylation sites (tertiary alicyclic amines) is 1. The number of hydrogen-bond acceptors (Lipinski definition) is 3. The second-order valence-electron chi connectivity index (χ2n) is 7.28. The zero-order valence-corrected chi connectivity index (χ0v) is 16.1. The number of carbonyl (C=O) groups excluding carboxylic acids is 1. The van der Waals surface area contributed by atoms with Gasteiger partial charge in [0.1, 0.15) is 17.4 Å². The summed E-state index contributed by atoms with van der Waals surface area (Å²) >= 11 is 0. The van der Waals surface area contributed by atoms with Gasteiger partial charge in [-0.05, 0) is 74.5 Å². The first kappa shape index (κ1) is 20.3. The molecule has 6 heteroatoms. The van der Waals surface area contributed by atoms with E-state index in [0.717, 1.165) is 56.7 Å². The summed E-state index contributed by atoms with van der Waals surface area (Å²) in [5.41, 5.74) is 1.32. The summed E-state index contributed by atoms with van der Waals surface area (Å²) in [5.74, 6) is -0.174. The highest BCUT2D eigenvalue weighted by atomic mass is 19.1. The van der Waals surface area contributed by atoms with Gasteiger partial charge in [-0.2, -0.15) is 0 Å². The Morgan fingerprint density at radius 1 is 1.14 bits per heavy atom. The first-order chi connectivity index (χ1) is 13.5. The predicted octanol–water partition coefficient (Wildman–Crippen LogP) is 4.26. The lowest BCUT2D eigenvalue weighted by atomic mass is 9.90. The molecule has 4 nitrogen and oxygen atoms in total. The Morgan fingerprint density at radius 3 is 2.50 bits per heavy atom. The second kappa shape index (κ2) is 9.64. The molecule has 28 heavy (non-hydrogen) atoms. The molecular weight excluding hydrogens is 362 g/mol. The summed E-state index contributed by atoms with van der Waals surface area (Å²) in [7, 11) is 1.67. The van der Waals surface area contributed by atoms with Gasteiger partial charge in [-0.3, -0.25) is 9.69 Å². The second-order valence-corrected chi connectivity index (χ2v) is 7.28. The van der Waals surface area contributed by atoms with Crippen molar-refractivity contribution in [1.29, 1.82) is 0 Å². The van der Waals surface area contributed by atoms with Crippen molar-refractivity contribution in [3.05, 3.63) is 59.7 Å². The smallest absolute Gasteiger partial charge is 0.238 e. The van der Waals surface area contributed by atoms with E-state index in [2.05, 4.69) is 22.3 Å². The molecule has 0 aromatic heterocycles. The van der Waals surface area contributed by atoms with E-state index in [1.54, 1.807) is 7.11 Å². The molecule has 2 aromatic rings. The number of piperidine rings is 1. The Kier molecular flexibility index (Phi) is 6.98. The standard InChI is InChI=1S/C22H26F2N2O2/c1-28-19-7-4-16(5-8-19)2-3-17-10-12-26(13-11-17)15-22(27)25-21-9-6-18(23)14-20(21)24/h4-9,14,17H,2-3,10-13,15H2,1H3,(H,25,27). The molecule has 150 valence electrons. The van der Waals surface area contributed by atoms with Crippen LogP contribution in [0.2, 0.25) is 0 Å². The van der Waals surface area contributed by atoms with Crippen LogP contribution in [-0.2, 0) is 11.2 Å². The third kappa shape index (κ3) is 5.76. The van der Waals surface area contributed by atoms with Gasteiger partial charge in [0.15, 0.2) is 0 Å². The van der Waals surface area contributed by atoms with Crippen molar-refractivity contribution in [2.24, 2.45) is 5.92 Å². The third-order valence-corrected chi connectivity index (χ3v) is 5.28. The SMILES string of the molecule is COc1ccc(CCC2CCN(CC(=O)Nc3ccc(F)cc3F)CC2)cc1. The fourth-order valence-electron chi connectivity index (χ4n) is 3.58. The molecule has 1 amide bonds. The normalized spacial score (nSPS) is 15.4. The highest BCUT2D eigenvalue weighted by Gasteiger charge is 2.21. The van der Waals surface area contributed by atoms with Gasteiger partial charge in [0, 0.05) is 6.07 Å². The number of carbonyl (C=O) groups is 1. The molecule has 1 heterocycles. The van der Waals surface area contributed by atoms with Crippen molar-refractivity contribution in [3.8, 4) is 5.75 Å². The van der Waals surface area contributed by atoms with E-state index in [1.165, 1.54) is 11.6 Å². The number of methoxy groups -OCH3 is 1. The number of rotatable bonds is 7. The first-order valence-corrected chi connectivity index (χ1v) is 9.63. The van der Waals surface area contributed by atoms with Crippen LogP contribution in [0.15, 0.2) is 42.5 Å². The van der Waals surface area contributed by atoms with Crippen molar-refractivity contribution < 1.29 is 18.3 Å². The van der Waals surface area contributed by atoms with Crippen molar-refractivity contribution in [1.82, 2.24) is 4.90 Å². The lowest BCUT2D eigenvalue weighted by Crippen LogP contribution is -2.39. The molecule has 1 saturated heterocycles. The van der Waals surface area contributed by atoms with Gasteiger partial charge < -0.3 is 10.1 Å². The summed E-state index contributed by atoms with van der Waals surface area (Å²) in [5, 5.41) is 2.52. The molecule has 2 aromatic carbocycles. The van der Waals surface area contributed by atoms with E-state index < -0.39 is 11.6 Å². The van der Waals surface area contributed by atoms with Gasteiger partial charge in [-0.15, -0.1) is 0 Å². The maximum absolute atomic E-state index is 13.6. The molecule has 0 radical (unpaired) electrons. The fourth-order valence-corrected chi connectivity index (χ4v) is 3.58. The molecule has 1 N–H and O–H groups in total. The van der Waals surface area contributed by atoms with Crippen molar-refractivity contribution in [2.45, 2.75) is 25.7 Å². The summed E-state index contributed by atoms with van der Waals surface area (Å²) in [4.78, 5) is 14.2. The highest BCUT2D eigenvalue weighted by Crippen LogP contribution is 2.23. The van der Waals surface area contributed by atoms with Crippen LogP contribution in [0.1, 0.15) is 24.8 Å². The molecule has 0 bridgehead atoms. The topological polar surface area (TPSA) is 41.6 Å². The van der Waals surface area contributed by atoms with Crippen molar-refractivity contribution in [2.75, 3.05) is 32.1 Å². The van der Waals surface area contributed by atoms with Crippen LogP contribution < -0.4 is 10.1 Å². The van der Waals surface area contributed by atoms with E-state index in [-0.39, 0.29) is 18.1 Å². The van der Waals surface area contributed by atoms with E-state index in [1.807, 2.05) is 12.1 Å². The van der Waals surface area contributed by atoms with E-state index in [9.17, 15) is 13.6 Å². The molecule has 0 atom stereocenters. The molecule has 0 unspecified atom stereocenters. The summed E-state index contributed by atoms with van der Waals surface area (Å²) in [6.45, 7) is 1.93. The Hall–Kier alpha value is -2.47. The molecule has 3 rings (SSSR count). The quantitative estimate of drug-likeness (QED) is 0.771. The van der Waals surface area contributed by atoms with Gasteiger partial charge in [0.2, 0.25) is 5.91 Å². The minimum atomic E-state index is -0.759. The lowest BCUT2D eigenvalue weighted by Gasteiger charge is -2.31. The van der Waals surface area contributed by atoms with Gasteiger partial charge in [0.05, 0.1) is 19.3 Å². The Morgan fingerprint density at radius 2 is 1.86 bits per heavy atom. The van der Waals surface area contributed by atoms with E-state index in [0.29, 0.717) is 5.92 Å². The third-order valence-electron chi connectivity index (χ3n) is 5.28. The van der Waals surface area contributed by atoms with Crippen LogP contribution in [-0.4, -0.2) is 37.6 Å². The molecule has 0 spiro atoms. The van der Waals surface area contributed by atoms with Gasteiger partial charge in [0.25, 0.3) is 0 Å². The van der Waals surface area contributed by atoms with Crippen molar-refractivity contribution >= 4 is 11.6 Å². The Bertz CT molecular complexity index is 788. The van der Waals surface area contributed by atoms with E-state index >= 15 is 0 Å². The number of hydrogen-bond donors (Lipinski definition) is 1. The first-order valence-electron chi connectivity index (χ1n) is 9.63. The van der Waals surface area contributed by atoms with Crippen molar-refractivity contribution in [3.63, 3.8) is 0 Å². The average molecular weight is 388 g/mol. The number of ether oxygens (including phenoxy) is 1. The summed E-state index contributed by atoms with van der Waals surface area (Å²) < 4.78 is 31.7. The molecule has 0 aliphatic carbocycles. The maximum Gasteiger partial charge on any atom is 0.238 e. The van der Waals surface area contributed by atoms with Gasteiger partial charge in [-0.25, -0.2) is 8.78 Å². The van der Waals surface area contributed by atoms with Gasteiger partial charge in [-0.1, -0.05) is 12.1 Å². The number of benzene rings is 2. The number of aryl methyl sites for hydroxylation is 1. The zero-order chi connectivity index (χ0) is 19.9. The summed E-state index contributed by atoms with van der Waals surface area (Å²) in [6.07, 6.45) is 4.27. The lowest BCUT2D eigenvalue weighted by molar-refractivity contribution is -0.117. The molecule has 1 aliphatic rings.